The fourth-order valence-corrected chi connectivity index (χ4v) is 9.10. The predicted octanol–water partition coefficient (Wildman–Crippen LogP) is 4.79. The van der Waals surface area contributed by atoms with E-state index in [2.05, 4.69) is 0 Å². The molecular formula is C24H34O4. The van der Waals surface area contributed by atoms with E-state index < -0.39 is 0 Å². The molecule has 8 aliphatic rings. The maximum Gasteiger partial charge on any atom is 0.306 e. The summed E-state index contributed by atoms with van der Waals surface area (Å²) in [5.74, 6) is 4.23. The van der Waals surface area contributed by atoms with Crippen molar-refractivity contribution in [1.82, 2.24) is 0 Å². The maximum absolute atomic E-state index is 12.6. The van der Waals surface area contributed by atoms with Gasteiger partial charge in [-0.05, 0) is 113 Å². The minimum atomic E-state index is -0.199. The molecule has 8 fully saturated rings. The molecule has 0 amide bonds. The molecule has 4 heteroatoms. The molecule has 0 N–H and O–H groups in total. The molecule has 154 valence electrons. The summed E-state index contributed by atoms with van der Waals surface area (Å²) < 4.78 is 12.1. The number of esters is 2. The molecule has 8 bridgehead atoms. The van der Waals surface area contributed by atoms with Gasteiger partial charge in [0, 0.05) is 0 Å². The lowest BCUT2D eigenvalue weighted by molar-refractivity contribution is -0.193. The second-order valence-corrected chi connectivity index (χ2v) is 11.6. The number of rotatable bonds is 5. The Morgan fingerprint density at radius 2 is 0.786 bits per heavy atom. The Hall–Kier alpha value is -1.06. The summed E-state index contributed by atoms with van der Waals surface area (Å²) in [6, 6.07) is 0. The summed E-state index contributed by atoms with van der Waals surface area (Å²) >= 11 is 0. The van der Waals surface area contributed by atoms with E-state index in [0.29, 0.717) is 0 Å². The Labute approximate surface area is 168 Å². The van der Waals surface area contributed by atoms with Crippen LogP contribution >= 0.6 is 0 Å². The van der Waals surface area contributed by atoms with Crippen LogP contribution < -0.4 is 0 Å². The summed E-state index contributed by atoms with van der Waals surface area (Å²) in [5, 5.41) is 0. The van der Waals surface area contributed by atoms with Crippen LogP contribution in [-0.2, 0) is 19.1 Å². The first-order valence-electron chi connectivity index (χ1n) is 11.9. The lowest BCUT2D eigenvalue weighted by atomic mass is 9.54. The lowest BCUT2D eigenvalue weighted by Gasteiger charge is -2.56. The van der Waals surface area contributed by atoms with Crippen molar-refractivity contribution in [1.29, 1.82) is 0 Å². The van der Waals surface area contributed by atoms with Crippen LogP contribution in [-0.4, -0.2) is 23.1 Å². The van der Waals surface area contributed by atoms with Crippen molar-refractivity contribution in [2.24, 2.45) is 35.5 Å². The van der Waals surface area contributed by atoms with Crippen molar-refractivity contribution in [3.63, 3.8) is 0 Å². The first-order valence-corrected chi connectivity index (χ1v) is 11.9. The van der Waals surface area contributed by atoms with Crippen molar-refractivity contribution in [2.45, 2.75) is 101 Å². The van der Waals surface area contributed by atoms with E-state index in [9.17, 15) is 9.59 Å². The monoisotopic (exact) mass is 386 g/mol. The first-order chi connectivity index (χ1) is 13.5. The molecule has 8 rings (SSSR count). The fourth-order valence-electron chi connectivity index (χ4n) is 9.10. The summed E-state index contributed by atoms with van der Waals surface area (Å²) in [4.78, 5) is 25.1. The van der Waals surface area contributed by atoms with Gasteiger partial charge in [0.2, 0.25) is 0 Å². The number of carbonyl (C=O) groups excluding carboxylic acids is 2. The predicted molar refractivity (Wildman–Crippen MR) is 103 cm³/mol. The third-order valence-electron chi connectivity index (χ3n) is 9.16. The first kappa shape index (κ1) is 17.8. The van der Waals surface area contributed by atoms with Gasteiger partial charge in [0.05, 0.1) is 12.8 Å². The van der Waals surface area contributed by atoms with Gasteiger partial charge in [0.1, 0.15) is 11.2 Å². The number of ether oxygens (including phenoxy) is 2. The van der Waals surface area contributed by atoms with Crippen LogP contribution in [0.1, 0.15) is 89.9 Å². The van der Waals surface area contributed by atoms with Gasteiger partial charge in [-0.2, -0.15) is 0 Å². The third-order valence-corrected chi connectivity index (χ3v) is 9.16. The van der Waals surface area contributed by atoms with Crippen LogP contribution in [0.2, 0.25) is 0 Å². The molecule has 0 saturated heterocycles. The molecule has 4 nitrogen and oxygen atoms in total. The summed E-state index contributed by atoms with van der Waals surface area (Å²) in [6.45, 7) is 0. The Morgan fingerprint density at radius 3 is 1.04 bits per heavy atom. The SMILES string of the molecule is O=C(CCC(=O)OC12CC3CC(CC(C3)C1)C2)OC12CC3CC(CC(C3)C1)C2. The standard InChI is InChI=1S/C24H34O4/c25-21(27-23-9-15-3-16(10-23)5-17(4-15)11-23)1-2-22(26)28-24-12-18-6-19(13-24)8-20(7-18)14-24/h15-20H,1-14H2. The zero-order valence-corrected chi connectivity index (χ0v) is 17.0. The van der Waals surface area contributed by atoms with Gasteiger partial charge in [-0.3, -0.25) is 9.59 Å². The third kappa shape index (κ3) is 3.10. The zero-order chi connectivity index (χ0) is 18.9. The number of hydrogen-bond donors (Lipinski definition) is 0. The largest absolute Gasteiger partial charge is 0.459 e. The van der Waals surface area contributed by atoms with Crippen molar-refractivity contribution >= 4 is 11.9 Å². The van der Waals surface area contributed by atoms with Crippen molar-refractivity contribution in [3.8, 4) is 0 Å². The fraction of sp³-hybridized carbons (Fsp3) is 0.917. The van der Waals surface area contributed by atoms with Crippen LogP contribution in [0.15, 0.2) is 0 Å². The van der Waals surface area contributed by atoms with E-state index in [4.69, 9.17) is 9.47 Å². The van der Waals surface area contributed by atoms with Gasteiger partial charge in [-0.25, -0.2) is 0 Å². The van der Waals surface area contributed by atoms with Crippen LogP contribution in [0.25, 0.3) is 0 Å². The van der Waals surface area contributed by atoms with E-state index in [1.165, 1.54) is 38.5 Å². The minimum absolute atomic E-state index is 0.176. The molecule has 0 unspecified atom stereocenters. The topological polar surface area (TPSA) is 52.6 Å². The highest BCUT2D eigenvalue weighted by molar-refractivity contribution is 5.78. The van der Waals surface area contributed by atoms with Gasteiger partial charge in [0.25, 0.3) is 0 Å². The van der Waals surface area contributed by atoms with E-state index in [0.717, 1.165) is 74.0 Å². The molecule has 0 heterocycles. The highest BCUT2D eigenvalue weighted by Crippen LogP contribution is 2.58. The number of hydrogen-bond acceptors (Lipinski definition) is 4. The molecule has 0 aromatic rings. The van der Waals surface area contributed by atoms with E-state index in [1.807, 2.05) is 0 Å². The maximum atomic E-state index is 12.6. The van der Waals surface area contributed by atoms with E-state index in [-0.39, 0.29) is 36.0 Å². The van der Waals surface area contributed by atoms with E-state index >= 15 is 0 Å². The number of carbonyl (C=O) groups is 2. The van der Waals surface area contributed by atoms with Gasteiger partial charge in [-0.1, -0.05) is 0 Å². The Balaban J connectivity index is 1.02. The van der Waals surface area contributed by atoms with Gasteiger partial charge < -0.3 is 9.47 Å². The van der Waals surface area contributed by atoms with Crippen LogP contribution in [0, 0.1) is 35.5 Å². The Bertz CT molecular complexity index is 552. The normalized spacial score (nSPS) is 50.0. The summed E-state index contributed by atoms with van der Waals surface area (Å²) in [7, 11) is 0. The Kier molecular flexibility index (Phi) is 3.95. The average Bonchev–Trinajstić information content (AvgIpc) is 2.56. The molecule has 8 aliphatic carbocycles. The smallest absolute Gasteiger partial charge is 0.306 e. The molecule has 0 radical (unpaired) electrons. The van der Waals surface area contributed by atoms with Gasteiger partial charge >= 0.3 is 11.9 Å². The molecule has 0 atom stereocenters. The van der Waals surface area contributed by atoms with Crippen molar-refractivity contribution < 1.29 is 19.1 Å². The highest BCUT2D eigenvalue weighted by atomic mass is 16.6. The van der Waals surface area contributed by atoms with Crippen LogP contribution in [0.4, 0.5) is 0 Å². The van der Waals surface area contributed by atoms with Crippen molar-refractivity contribution in [2.75, 3.05) is 0 Å². The molecular weight excluding hydrogens is 352 g/mol. The molecule has 0 aliphatic heterocycles. The highest BCUT2D eigenvalue weighted by Gasteiger charge is 2.54. The molecule has 28 heavy (non-hydrogen) atoms. The van der Waals surface area contributed by atoms with E-state index in [1.54, 1.807) is 0 Å². The molecule has 8 saturated carbocycles. The molecule has 0 spiro atoms. The summed E-state index contributed by atoms with van der Waals surface area (Å²) in [5.41, 5.74) is -0.397. The quantitative estimate of drug-likeness (QED) is 0.638. The minimum Gasteiger partial charge on any atom is -0.459 e. The van der Waals surface area contributed by atoms with Crippen LogP contribution in [0.5, 0.6) is 0 Å². The Morgan fingerprint density at radius 1 is 0.536 bits per heavy atom. The van der Waals surface area contributed by atoms with Gasteiger partial charge in [0.15, 0.2) is 0 Å². The second-order valence-electron chi connectivity index (χ2n) is 11.6. The summed E-state index contributed by atoms with van der Waals surface area (Å²) in [6.07, 6.45) is 14.8. The van der Waals surface area contributed by atoms with Crippen LogP contribution in [0.3, 0.4) is 0 Å². The molecule has 0 aromatic heterocycles. The zero-order valence-electron chi connectivity index (χ0n) is 17.0. The molecule has 0 aromatic carbocycles. The second kappa shape index (κ2) is 6.22. The van der Waals surface area contributed by atoms with Crippen molar-refractivity contribution in [3.05, 3.63) is 0 Å². The average molecular weight is 387 g/mol. The lowest BCUT2D eigenvalue weighted by Crippen LogP contribution is -2.53. The van der Waals surface area contributed by atoms with Gasteiger partial charge in [-0.15, -0.1) is 0 Å².